The Hall–Kier alpha value is -2.44. The predicted octanol–water partition coefficient (Wildman–Crippen LogP) is 2.44. The van der Waals surface area contributed by atoms with Crippen molar-refractivity contribution < 1.29 is 5.11 Å². The fraction of sp³-hybridized carbons (Fsp3) is 0.429. The van der Waals surface area contributed by atoms with Crippen molar-refractivity contribution in [1.29, 1.82) is 0 Å². The number of rotatable bonds is 4. The number of aliphatic hydroxyl groups excluding tert-OH is 1. The van der Waals surface area contributed by atoms with Gasteiger partial charge in [0.25, 0.3) is 0 Å². The van der Waals surface area contributed by atoms with Crippen molar-refractivity contribution in [1.82, 2.24) is 19.5 Å². The summed E-state index contributed by atoms with van der Waals surface area (Å²) >= 11 is 0. The summed E-state index contributed by atoms with van der Waals surface area (Å²) in [5.41, 5.74) is 6.42. The number of fused-ring (bicyclic) bond motifs is 1. The van der Waals surface area contributed by atoms with Crippen LogP contribution in [0.1, 0.15) is 16.8 Å². The van der Waals surface area contributed by atoms with Crippen LogP contribution in [0.25, 0.3) is 16.9 Å². The van der Waals surface area contributed by atoms with Gasteiger partial charge in [0.1, 0.15) is 5.82 Å². The molecule has 1 fully saturated rings. The Morgan fingerprint density at radius 2 is 1.70 bits per heavy atom. The standard InChI is InChI=1S/C21H27N5O/c1-15-4-6-18(7-5-15)20-17(3)21-22-16(2)14-19(26(21)23-20)25-10-8-24(9-11-25)12-13-27/h4-7,14,27H,8-13H2,1-3H3. The quantitative estimate of drug-likeness (QED) is 0.770. The van der Waals surface area contributed by atoms with Crippen LogP contribution < -0.4 is 4.90 Å². The van der Waals surface area contributed by atoms with E-state index in [9.17, 15) is 0 Å². The summed E-state index contributed by atoms with van der Waals surface area (Å²) in [5.74, 6) is 1.10. The van der Waals surface area contributed by atoms with E-state index in [0.717, 1.165) is 66.7 Å². The lowest BCUT2D eigenvalue weighted by Gasteiger charge is -2.35. The molecule has 1 aromatic carbocycles. The van der Waals surface area contributed by atoms with E-state index in [-0.39, 0.29) is 6.61 Å². The van der Waals surface area contributed by atoms with Crippen LogP contribution in [0.2, 0.25) is 0 Å². The molecule has 4 rings (SSSR count). The number of anilines is 1. The molecule has 0 spiro atoms. The Balaban J connectivity index is 1.74. The van der Waals surface area contributed by atoms with Crippen LogP contribution in [-0.4, -0.2) is 63.9 Å². The number of β-amino-alcohol motifs (C(OH)–C–C–N with tert-alkyl or cyclic N) is 1. The zero-order valence-corrected chi connectivity index (χ0v) is 16.3. The number of aliphatic hydroxyl groups is 1. The van der Waals surface area contributed by atoms with E-state index in [1.165, 1.54) is 5.56 Å². The van der Waals surface area contributed by atoms with Gasteiger partial charge in [-0.05, 0) is 20.8 Å². The van der Waals surface area contributed by atoms with Gasteiger partial charge in [0.15, 0.2) is 5.65 Å². The van der Waals surface area contributed by atoms with Gasteiger partial charge < -0.3 is 10.0 Å². The molecule has 0 radical (unpaired) electrons. The molecule has 1 aliphatic rings. The molecule has 6 nitrogen and oxygen atoms in total. The molecule has 1 saturated heterocycles. The summed E-state index contributed by atoms with van der Waals surface area (Å²) in [5, 5.41) is 14.1. The maximum absolute atomic E-state index is 9.16. The van der Waals surface area contributed by atoms with Gasteiger partial charge >= 0.3 is 0 Å². The minimum Gasteiger partial charge on any atom is -0.395 e. The lowest BCUT2D eigenvalue weighted by molar-refractivity contribution is 0.188. The number of piperazine rings is 1. The minimum atomic E-state index is 0.219. The molecule has 3 aromatic rings. The second-order valence-electron chi connectivity index (χ2n) is 7.38. The smallest absolute Gasteiger partial charge is 0.161 e. The highest BCUT2D eigenvalue weighted by molar-refractivity contribution is 5.72. The van der Waals surface area contributed by atoms with Crippen LogP contribution in [0.3, 0.4) is 0 Å². The second kappa shape index (κ2) is 7.29. The van der Waals surface area contributed by atoms with Gasteiger partial charge in [-0.1, -0.05) is 29.8 Å². The fourth-order valence-corrected chi connectivity index (χ4v) is 3.78. The third-order valence-corrected chi connectivity index (χ3v) is 5.37. The first kappa shape index (κ1) is 17.9. The molecule has 0 aliphatic carbocycles. The van der Waals surface area contributed by atoms with Gasteiger partial charge in [-0.25, -0.2) is 4.98 Å². The van der Waals surface area contributed by atoms with Gasteiger partial charge in [0.2, 0.25) is 0 Å². The molecule has 142 valence electrons. The van der Waals surface area contributed by atoms with E-state index < -0.39 is 0 Å². The predicted molar refractivity (Wildman–Crippen MR) is 108 cm³/mol. The molecule has 0 amide bonds. The number of nitrogens with zero attached hydrogens (tertiary/aromatic N) is 5. The van der Waals surface area contributed by atoms with Crippen molar-refractivity contribution in [3.63, 3.8) is 0 Å². The number of aromatic nitrogens is 3. The first-order valence-electron chi connectivity index (χ1n) is 9.59. The van der Waals surface area contributed by atoms with Gasteiger partial charge in [-0.15, -0.1) is 0 Å². The first-order valence-corrected chi connectivity index (χ1v) is 9.59. The van der Waals surface area contributed by atoms with Crippen LogP contribution in [0.15, 0.2) is 30.3 Å². The number of hydrogen-bond donors (Lipinski definition) is 1. The maximum Gasteiger partial charge on any atom is 0.161 e. The Morgan fingerprint density at radius 1 is 1.00 bits per heavy atom. The maximum atomic E-state index is 9.16. The van der Waals surface area contributed by atoms with E-state index in [1.54, 1.807) is 0 Å². The Labute approximate surface area is 160 Å². The molecule has 0 unspecified atom stereocenters. The van der Waals surface area contributed by atoms with Crippen LogP contribution >= 0.6 is 0 Å². The van der Waals surface area contributed by atoms with Crippen LogP contribution in [0, 0.1) is 20.8 Å². The Bertz CT molecular complexity index is 939. The van der Waals surface area contributed by atoms with Crippen molar-refractivity contribution in [2.75, 3.05) is 44.2 Å². The average Bonchev–Trinajstić information content (AvgIpc) is 2.99. The van der Waals surface area contributed by atoms with E-state index >= 15 is 0 Å². The van der Waals surface area contributed by atoms with Crippen LogP contribution in [0.5, 0.6) is 0 Å². The normalized spacial score (nSPS) is 15.6. The molecule has 6 heteroatoms. The van der Waals surface area contributed by atoms with Crippen molar-refractivity contribution in [2.24, 2.45) is 0 Å². The van der Waals surface area contributed by atoms with Crippen molar-refractivity contribution >= 4 is 11.5 Å². The molecular weight excluding hydrogens is 338 g/mol. The van der Waals surface area contributed by atoms with Crippen molar-refractivity contribution in [3.8, 4) is 11.3 Å². The SMILES string of the molecule is Cc1ccc(-c2nn3c(N4CCN(CCO)CC4)cc(C)nc3c2C)cc1. The van der Waals surface area contributed by atoms with Crippen molar-refractivity contribution in [3.05, 3.63) is 47.2 Å². The largest absolute Gasteiger partial charge is 0.395 e. The number of aryl methyl sites for hydroxylation is 3. The van der Waals surface area contributed by atoms with E-state index in [2.05, 4.69) is 54.0 Å². The third kappa shape index (κ3) is 3.42. The lowest BCUT2D eigenvalue weighted by Crippen LogP contribution is -2.47. The molecule has 0 bridgehead atoms. The summed E-state index contributed by atoms with van der Waals surface area (Å²) in [6, 6.07) is 10.6. The molecule has 27 heavy (non-hydrogen) atoms. The lowest BCUT2D eigenvalue weighted by atomic mass is 10.1. The van der Waals surface area contributed by atoms with Crippen LogP contribution in [0.4, 0.5) is 5.82 Å². The summed E-state index contributed by atoms with van der Waals surface area (Å²) < 4.78 is 2.00. The molecule has 0 saturated carbocycles. The highest BCUT2D eigenvalue weighted by Crippen LogP contribution is 2.28. The molecule has 2 aromatic heterocycles. The third-order valence-electron chi connectivity index (χ3n) is 5.37. The Kier molecular flexibility index (Phi) is 4.85. The molecule has 3 heterocycles. The second-order valence-corrected chi connectivity index (χ2v) is 7.38. The number of benzene rings is 1. The Morgan fingerprint density at radius 3 is 2.37 bits per heavy atom. The first-order chi connectivity index (χ1) is 13.1. The summed E-state index contributed by atoms with van der Waals surface area (Å²) in [7, 11) is 0. The van der Waals surface area contributed by atoms with Gasteiger partial charge in [0, 0.05) is 55.6 Å². The molecule has 0 atom stereocenters. The highest BCUT2D eigenvalue weighted by Gasteiger charge is 2.22. The summed E-state index contributed by atoms with van der Waals surface area (Å²) in [6.45, 7) is 11.0. The van der Waals surface area contributed by atoms with E-state index in [0.29, 0.717) is 0 Å². The number of hydrogen-bond acceptors (Lipinski definition) is 5. The fourth-order valence-electron chi connectivity index (χ4n) is 3.78. The topological polar surface area (TPSA) is 56.9 Å². The van der Waals surface area contributed by atoms with Gasteiger partial charge in [0.05, 0.1) is 12.3 Å². The molecule has 1 aliphatic heterocycles. The summed E-state index contributed by atoms with van der Waals surface area (Å²) in [6.07, 6.45) is 0. The van der Waals surface area contributed by atoms with Gasteiger partial charge in [-0.3, -0.25) is 4.90 Å². The molecular formula is C21H27N5O. The molecule has 1 N–H and O–H groups in total. The minimum absolute atomic E-state index is 0.219. The monoisotopic (exact) mass is 365 g/mol. The van der Waals surface area contributed by atoms with Crippen LogP contribution in [-0.2, 0) is 0 Å². The van der Waals surface area contributed by atoms with E-state index in [4.69, 9.17) is 15.2 Å². The van der Waals surface area contributed by atoms with Gasteiger partial charge in [-0.2, -0.15) is 9.61 Å². The van der Waals surface area contributed by atoms with Crippen molar-refractivity contribution in [2.45, 2.75) is 20.8 Å². The average molecular weight is 365 g/mol. The van der Waals surface area contributed by atoms with E-state index in [1.807, 2.05) is 11.4 Å². The zero-order valence-electron chi connectivity index (χ0n) is 16.3. The summed E-state index contributed by atoms with van der Waals surface area (Å²) in [4.78, 5) is 9.44. The zero-order chi connectivity index (χ0) is 19.0. The highest BCUT2D eigenvalue weighted by atomic mass is 16.3.